The van der Waals surface area contributed by atoms with E-state index in [0.717, 1.165) is 5.56 Å². The van der Waals surface area contributed by atoms with Gasteiger partial charge in [0.25, 0.3) is 5.69 Å². The maximum Gasteiger partial charge on any atom is 0.319 e. The lowest BCUT2D eigenvalue weighted by molar-refractivity contribution is -0.384. The molecule has 0 N–H and O–H groups in total. The Morgan fingerprint density at radius 1 is 1.32 bits per heavy atom. The fraction of sp³-hybridized carbons (Fsp3) is 0.333. The van der Waals surface area contributed by atoms with Crippen molar-refractivity contribution in [2.45, 2.75) is 13.8 Å². The van der Waals surface area contributed by atoms with Crippen LogP contribution in [0.3, 0.4) is 0 Å². The standard InChI is InChI=1S/C11H14NO5P.CH4/c1-2-8-16-18(15)17-9-7-10-3-5-11(6-4-10)12(13)14;/h2-6,18H,1,7-9H2;1H4. The third-order valence-corrected chi connectivity index (χ3v) is 2.92. The van der Waals surface area contributed by atoms with Gasteiger partial charge in [0.05, 0.1) is 18.1 Å². The summed E-state index contributed by atoms with van der Waals surface area (Å²) >= 11 is 0. The van der Waals surface area contributed by atoms with Gasteiger partial charge in [-0.15, -0.1) is 6.58 Å². The molecule has 1 unspecified atom stereocenters. The molecule has 6 nitrogen and oxygen atoms in total. The van der Waals surface area contributed by atoms with Gasteiger partial charge in [-0.25, -0.2) is 0 Å². The average molecular weight is 287 g/mol. The topological polar surface area (TPSA) is 78.7 Å². The van der Waals surface area contributed by atoms with Crippen molar-refractivity contribution in [3.8, 4) is 0 Å². The summed E-state index contributed by atoms with van der Waals surface area (Å²) in [6, 6.07) is 6.13. The number of rotatable bonds is 8. The Morgan fingerprint density at radius 3 is 2.47 bits per heavy atom. The summed E-state index contributed by atoms with van der Waals surface area (Å²) in [7, 11) is -2.47. The Morgan fingerprint density at radius 2 is 1.95 bits per heavy atom. The molecule has 0 heterocycles. The third kappa shape index (κ3) is 6.86. The van der Waals surface area contributed by atoms with Crippen LogP contribution in [0.25, 0.3) is 0 Å². The number of non-ortho nitro benzene ring substituents is 1. The van der Waals surface area contributed by atoms with Crippen molar-refractivity contribution in [2.75, 3.05) is 13.2 Å². The molecule has 1 atom stereocenters. The number of hydrogen-bond donors (Lipinski definition) is 0. The van der Waals surface area contributed by atoms with E-state index in [1.807, 2.05) is 0 Å². The average Bonchev–Trinajstić information content (AvgIpc) is 2.37. The van der Waals surface area contributed by atoms with E-state index in [2.05, 4.69) is 6.58 Å². The van der Waals surface area contributed by atoms with Crippen LogP contribution in [-0.4, -0.2) is 18.1 Å². The summed E-state index contributed by atoms with van der Waals surface area (Å²) in [4.78, 5) is 9.98. The van der Waals surface area contributed by atoms with Crippen LogP contribution in [0.4, 0.5) is 5.69 Å². The Balaban J connectivity index is 0.00000324. The maximum absolute atomic E-state index is 11.1. The highest BCUT2D eigenvalue weighted by Crippen LogP contribution is 2.23. The predicted octanol–water partition coefficient (Wildman–Crippen LogP) is 3.38. The number of hydrogen-bond acceptors (Lipinski definition) is 5. The molecule has 7 heteroatoms. The molecule has 0 saturated heterocycles. The SMILES string of the molecule is C.C=CCO[PH](=O)OCCc1ccc([N+](=O)[O-])cc1. The largest absolute Gasteiger partial charge is 0.319 e. The molecular formula is C12H18NO5P. The molecule has 0 bridgehead atoms. The summed E-state index contributed by atoms with van der Waals surface area (Å²) in [5, 5.41) is 10.4. The van der Waals surface area contributed by atoms with Crippen LogP contribution in [0.5, 0.6) is 0 Å². The summed E-state index contributed by atoms with van der Waals surface area (Å²) in [5.41, 5.74) is 0.918. The minimum absolute atomic E-state index is 0. The van der Waals surface area contributed by atoms with E-state index >= 15 is 0 Å². The zero-order chi connectivity index (χ0) is 13.4. The Kier molecular flexibility index (Phi) is 8.70. The van der Waals surface area contributed by atoms with Gasteiger partial charge in [-0.3, -0.25) is 14.7 Å². The van der Waals surface area contributed by atoms with Crippen LogP contribution in [0.15, 0.2) is 36.9 Å². The van der Waals surface area contributed by atoms with Crippen molar-refractivity contribution in [3.63, 3.8) is 0 Å². The lowest BCUT2D eigenvalue weighted by atomic mass is 10.1. The number of nitro benzene ring substituents is 1. The van der Waals surface area contributed by atoms with E-state index in [4.69, 9.17) is 9.05 Å². The minimum atomic E-state index is -2.47. The van der Waals surface area contributed by atoms with E-state index < -0.39 is 13.2 Å². The van der Waals surface area contributed by atoms with Gasteiger partial charge in [-0.2, -0.15) is 0 Å². The van der Waals surface area contributed by atoms with E-state index in [0.29, 0.717) is 6.42 Å². The summed E-state index contributed by atoms with van der Waals surface area (Å²) < 4.78 is 20.9. The van der Waals surface area contributed by atoms with Gasteiger partial charge in [0, 0.05) is 12.1 Å². The van der Waals surface area contributed by atoms with Gasteiger partial charge < -0.3 is 9.05 Å². The van der Waals surface area contributed by atoms with Crippen LogP contribution in [0.2, 0.25) is 0 Å². The van der Waals surface area contributed by atoms with E-state index in [9.17, 15) is 14.7 Å². The highest BCUT2D eigenvalue weighted by Gasteiger charge is 2.04. The van der Waals surface area contributed by atoms with Gasteiger partial charge in [0.15, 0.2) is 0 Å². The molecule has 0 aliphatic rings. The summed E-state index contributed by atoms with van der Waals surface area (Å²) in [6.07, 6.45) is 2.01. The van der Waals surface area contributed by atoms with Gasteiger partial charge in [-0.1, -0.05) is 25.6 Å². The van der Waals surface area contributed by atoms with E-state index in [-0.39, 0.29) is 26.3 Å². The second-order valence-corrected chi connectivity index (χ2v) is 4.45. The minimum Gasteiger partial charge on any atom is -0.310 e. The molecule has 1 rings (SSSR count). The molecule has 0 radical (unpaired) electrons. The van der Waals surface area contributed by atoms with Crippen LogP contribution in [-0.2, 0) is 20.0 Å². The molecule has 0 aliphatic heterocycles. The van der Waals surface area contributed by atoms with Crippen molar-refractivity contribution in [1.29, 1.82) is 0 Å². The smallest absolute Gasteiger partial charge is 0.310 e. The molecule has 1 aromatic rings. The molecule has 0 aliphatic carbocycles. The maximum atomic E-state index is 11.1. The van der Waals surface area contributed by atoms with Crippen LogP contribution in [0, 0.1) is 10.1 Å². The first-order chi connectivity index (χ1) is 8.63. The first kappa shape index (κ1) is 17.5. The molecule has 19 heavy (non-hydrogen) atoms. The van der Waals surface area contributed by atoms with Gasteiger partial charge in [-0.05, 0) is 12.0 Å². The highest BCUT2D eigenvalue weighted by molar-refractivity contribution is 7.33. The lowest BCUT2D eigenvalue weighted by Crippen LogP contribution is -1.95. The van der Waals surface area contributed by atoms with Crippen LogP contribution < -0.4 is 0 Å². The van der Waals surface area contributed by atoms with Crippen molar-refractivity contribution in [3.05, 3.63) is 52.6 Å². The van der Waals surface area contributed by atoms with Crippen molar-refractivity contribution in [1.82, 2.24) is 0 Å². The normalized spacial score (nSPS) is 11.4. The first-order valence-electron chi connectivity index (χ1n) is 5.27. The molecule has 106 valence electrons. The predicted molar refractivity (Wildman–Crippen MR) is 74.6 cm³/mol. The lowest BCUT2D eigenvalue weighted by Gasteiger charge is -2.04. The molecule has 0 spiro atoms. The number of nitro groups is 1. The quantitative estimate of drug-likeness (QED) is 0.317. The zero-order valence-corrected chi connectivity index (χ0v) is 10.7. The third-order valence-electron chi connectivity index (χ3n) is 2.08. The van der Waals surface area contributed by atoms with Crippen molar-refractivity contribution >= 4 is 13.9 Å². The van der Waals surface area contributed by atoms with E-state index in [1.54, 1.807) is 12.1 Å². The summed E-state index contributed by atoms with van der Waals surface area (Å²) in [5.74, 6) is 0. The van der Waals surface area contributed by atoms with Crippen molar-refractivity contribution in [2.24, 2.45) is 0 Å². The van der Waals surface area contributed by atoms with Crippen molar-refractivity contribution < 1.29 is 18.5 Å². The van der Waals surface area contributed by atoms with E-state index in [1.165, 1.54) is 18.2 Å². The molecular weight excluding hydrogens is 269 g/mol. The fourth-order valence-electron chi connectivity index (χ4n) is 1.21. The van der Waals surface area contributed by atoms with Gasteiger partial charge in [0.2, 0.25) is 0 Å². The second-order valence-electron chi connectivity index (χ2n) is 3.37. The monoisotopic (exact) mass is 287 g/mol. The van der Waals surface area contributed by atoms with Gasteiger partial charge in [0.1, 0.15) is 0 Å². The molecule has 0 aromatic heterocycles. The van der Waals surface area contributed by atoms with Crippen LogP contribution in [0.1, 0.15) is 13.0 Å². The Labute approximate surface area is 113 Å². The molecule has 1 aromatic carbocycles. The molecule has 0 amide bonds. The highest BCUT2D eigenvalue weighted by atomic mass is 31.1. The number of benzene rings is 1. The Hall–Kier alpha value is -1.49. The van der Waals surface area contributed by atoms with Crippen LogP contribution >= 0.6 is 8.25 Å². The fourth-order valence-corrected chi connectivity index (χ4v) is 1.81. The van der Waals surface area contributed by atoms with Gasteiger partial charge >= 0.3 is 8.25 Å². The first-order valence-corrected chi connectivity index (χ1v) is 6.49. The molecule has 0 saturated carbocycles. The zero-order valence-electron chi connectivity index (χ0n) is 9.70. The second kappa shape index (κ2) is 9.44. The molecule has 0 fully saturated rings. The Bertz CT molecular complexity index is 432. The number of nitrogens with zero attached hydrogens (tertiary/aromatic N) is 1. The summed E-state index contributed by atoms with van der Waals surface area (Å²) in [6.45, 7) is 3.86.